The lowest BCUT2D eigenvalue weighted by atomic mass is 9.95. The molecule has 0 aliphatic carbocycles. The highest BCUT2D eigenvalue weighted by Crippen LogP contribution is 2.44. The van der Waals surface area contributed by atoms with Gasteiger partial charge in [0.25, 0.3) is 5.78 Å². The summed E-state index contributed by atoms with van der Waals surface area (Å²) in [7, 11) is 0. The summed E-state index contributed by atoms with van der Waals surface area (Å²) < 4.78 is 28.2. The molecule has 3 aromatic carbocycles. The fourth-order valence-electron chi connectivity index (χ4n) is 3.81. The minimum atomic E-state index is -1.13. The van der Waals surface area contributed by atoms with E-state index in [2.05, 4.69) is 4.98 Å². The van der Waals surface area contributed by atoms with Crippen molar-refractivity contribution in [2.75, 3.05) is 4.90 Å². The Morgan fingerprint density at radius 3 is 2.38 bits per heavy atom. The number of nitrogens with zero attached hydrogens (tertiary/aromatic N) is 2. The number of rotatable bonds is 3. The standard InChI is InChI=1S/C24H13ClF2N2O4S/c25-13-5-1-12(2-6-13)21(31)18-20(11-3-7-15(30)8-4-11)29(23(33)22(18)32)24-28-19-16(27)9-14(26)10-17(19)34-24/h1-10,20,30-31H/b21-18+. The van der Waals surface area contributed by atoms with E-state index in [-0.39, 0.29) is 32.2 Å². The summed E-state index contributed by atoms with van der Waals surface area (Å²) in [5.41, 5.74) is 0.274. The number of aromatic hydroxyl groups is 1. The van der Waals surface area contributed by atoms with Crippen LogP contribution in [0.2, 0.25) is 5.02 Å². The molecule has 4 aromatic rings. The van der Waals surface area contributed by atoms with E-state index >= 15 is 0 Å². The van der Waals surface area contributed by atoms with Crippen LogP contribution in [-0.4, -0.2) is 26.9 Å². The number of carbonyl (C=O) groups is 2. The van der Waals surface area contributed by atoms with Crippen LogP contribution >= 0.6 is 22.9 Å². The van der Waals surface area contributed by atoms with Crippen LogP contribution < -0.4 is 4.90 Å². The van der Waals surface area contributed by atoms with E-state index in [1.807, 2.05) is 0 Å². The summed E-state index contributed by atoms with van der Waals surface area (Å²) in [5.74, 6) is -4.16. The SMILES string of the molecule is O=C1C(=O)N(c2nc3c(F)cc(F)cc3s2)C(c2ccc(O)cc2)/C1=C(\O)c1ccc(Cl)cc1. The quantitative estimate of drug-likeness (QED) is 0.219. The van der Waals surface area contributed by atoms with Crippen molar-refractivity contribution in [2.45, 2.75) is 6.04 Å². The first kappa shape index (κ1) is 22.0. The van der Waals surface area contributed by atoms with Gasteiger partial charge in [-0.15, -0.1) is 0 Å². The highest BCUT2D eigenvalue weighted by molar-refractivity contribution is 7.22. The molecule has 2 N–H and O–H groups in total. The van der Waals surface area contributed by atoms with Crippen molar-refractivity contribution in [3.8, 4) is 5.75 Å². The van der Waals surface area contributed by atoms with Crippen molar-refractivity contribution in [1.29, 1.82) is 0 Å². The number of hydrogen-bond donors (Lipinski definition) is 2. The molecule has 10 heteroatoms. The van der Waals surface area contributed by atoms with Gasteiger partial charge in [-0.1, -0.05) is 35.1 Å². The van der Waals surface area contributed by atoms with Gasteiger partial charge in [-0.05, 0) is 48.0 Å². The number of thiazole rings is 1. The summed E-state index contributed by atoms with van der Waals surface area (Å²) in [4.78, 5) is 31.5. The lowest BCUT2D eigenvalue weighted by Gasteiger charge is -2.23. The van der Waals surface area contributed by atoms with Crippen molar-refractivity contribution in [2.24, 2.45) is 0 Å². The van der Waals surface area contributed by atoms with Gasteiger partial charge in [0, 0.05) is 16.7 Å². The van der Waals surface area contributed by atoms with Crippen LogP contribution in [0.15, 0.2) is 66.2 Å². The number of amides is 1. The van der Waals surface area contributed by atoms with Gasteiger partial charge in [-0.2, -0.15) is 0 Å². The fourth-order valence-corrected chi connectivity index (χ4v) is 4.97. The van der Waals surface area contributed by atoms with Crippen LogP contribution in [0.4, 0.5) is 13.9 Å². The van der Waals surface area contributed by atoms with Crippen LogP contribution in [0.1, 0.15) is 17.2 Å². The molecule has 0 spiro atoms. The minimum absolute atomic E-state index is 0.0454. The zero-order chi connectivity index (χ0) is 24.1. The van der Waals surface area contributed by atoms with E-state index in [0.717, 1.165) is 22.3 Å². The molecule has 1 aliphatic heterocycles. The predicted molar refractivity (Wildman–Crippen MR) is 124 cm³/mol. The van der Waals surface area contributed by atoms with Crippen molar-refractivity contribution >= 4 is 55.7 Å². The number of aliphatic hydroxyl groups excluding tert-OH is 1. The Morgan fingerprint density at radius 1 is 1.03 bits per heavy atom. The largest absolute Gasteiger partial charge is 0.508 e. The maximum Gasteiger partial charge on any atom is 0.301 e. The van der Waals surface area contributed by atoms with Gasteiger partial charge in [-0.3, -0.25) is 14.5 Å². The Hall–Kier alpha value is -3.82. The second-order valence-electron chi connectivity index (χ2n) is 7.50. The topological polar surface area (TPSA) is 90.7 Å². The third kappa shape index (κ3) is 3.59. The molecule has 0 radical (unpaired) electrons. The average molecular weight is 499 g/mol. The zero-order valence-corrected chi connectivity index (χ0v) is 18.6. The molecule has 0 saturated carbocycles. The molecule has 1 aromatic heterocycles. The highest BCUT2D eigenvalue weighted by Gasteiger charge is 2.48. The highest BCUT2D eigenvalue weighted by atomic mass is 35.5. The minimum Gasteiger partial charge on any atom is -0.508 e. The fraction of sp³-hybridized carbons (Fsp3) is 0.0417. The summed E-state index contributed by atoms with van der Waals surface area (Å²) in [5, 5.41) is 21.1. The first-order chi connectivity index (χ1) is 16.2. The van der Waals surface area contributed by atoms with E-state index < -0.39 is 35.1 Å². The number of fused-ring (bicyclic) bond motifs is 1. The van der Waals surface area contributed by atoms with Crippen LogP contribution in [0, 0.1) is 11.6 Å². The number of Topliss-reactive ketones (excluding diaryl/α,β-unsaturated/α-hetero) is 1. The van der Waals surface area contributed by atoms with E-state index in [1.54, 1.807) is 0 Å². The molecule has 1 atom stereocenters. The lowest BCUT2D eigenvalue weighted by molar-refractivity contribution is -0.132. The summed E-state index contributed by atoms with van der Waals surface area (Å²) in [6, 6.07) is 12.4. The van der Waals surface area contributed by atoms with Crippen LogP contribution in [0.3, 0.4) is 0 Å². The molecule has 1 saturated heterocycles. The molecule has 2 heterocycles. The van der Waals surface area contributed by atoms with E-state index in [0.29, 0.717) is 16.7 Å². The van der Waals surface area contributed by atoms with E-state index in [4.69, 9.17) is 11.6 Å². The molecule has 1 aliphatic rings. The molecule has 1 fully saturated rings. The Morgan fingerprint density at radius 2 is 1.71 bits per heavy atom. The molecule has 170 valence electrons. The molecule has 34 heavy (non-hydrogen) atoms. The van der Waals surface area contributed by atoms with Gasteiger partial charge in [0.05, 0.1) is 16.3 Å². The van der Waals surface area contributed by atoms with Crippen molar-refractivity contribution in [3.63, 3.8) is 0 Å². The first-order valence-electron chi connectivity index (χ1n) is 9.86. The second-order valence-corrected chi connectivity index (χ2v) is 8.94. The van der Waals surface area contributed by atoms with Gasteiger partial charge in [0.1, 0.15) is 22.8 Å². The number of phenolic OH excluding ortho intramolecular Hbond substituents is 1. The Labute approximate surface area is 200 Å². The molecule has 5 rings (SSSR count). The maximum absolute atomic E-state index is 14.3. The smallest absolute Gasteiger partial charge is 0.301 e. The van der Waals surface area contributed by atoms with Gasteiger partial charge < -0.3 is 10.2 Å². The van der Waals surface area contributed by atoms with Crippen LogP contribution in [-0.2, 0) is 9.59 Å². The number of ketones is 1. The number of anilines is 1. The number of benzene rings is 3. The first-order valence-corrected chi connectivity index (χ1v) is 11.1. The van der Waals surface area contributed by atoms with Gasteiger partial charge in [-0.25, -0.2) is 13.8 Å². The zero-order valence-electron chi connectivity index (χ0n) is 17.0. The van der Waals surface area contributed by atoms with Gasteiger partial charge in [0.15, 0.2) is 10.9 Å². The third-order valence-electron chi connectivity index (χ3n) is 5.38. The van der Waals surface area contributed by atoms with Crippen LogP contribution in [0.5, 0.6) is 5.75 Å². The number of hydrogen-bond acceptors (Lipinski definition) is 6. The van der Waals surface area contributed by atoms with E-state index in [1.165, 1.54) is 48.5 Å². The third-order valence-corrected chi connectivity index (χ3v) is 6.63. The average Bonchev–Trinajstić information content (AvgIpc) is 3.33. The number of carbonyl (C=O) groups excluding carboxylic acids is 2. The second kappa shape index (κ2) is 8.19. The van der Waals surface area contributed by atoms with E-state index in [9.17, 15) is 28.6 Å². The monoisotopic (exact) mass is 498 g/mol. The van der Waals surface area contributed by atoms with Gasteiger partial charge >= 0.3 is 5.91 Å². The maximum atomic E-state index is 14.3. The number of aliphatic hydroxyl groups is 1. The van der Waals surface area contributed by atoms with Crippen molar-refractivity contribution in [3.05, 3.63) is 94.0 Å². The number of halogens is 3. The molecular formula is C24H13ClF2N2O4S. The predicted octanol–water partition coefficient (Wildman–Crippen LogP) is 5.56. The molecule has 1 unspecified atom stereocenters. The van der Waals surface area contributed by atoms with Crippen molar-refractivity contribution < 1.29 is 28.6 Å². The molecule has 1 amide bonds. The Kier molecular flexibility index (Phi) is 5.30. The van der Waals surface area contributed by atoms with Gasteiger partial charge in [0.2, 0.25) is 0 Å². The molecular weight excluding hydrogens is 486 g/mol. The van der Waals surface area contributed by atoms with Crippen LogP contribution in [0.25, 0.3) is 16.0 Å². The molecule has 6 nitrogen and oxygen atoms in total. The summed E-state index contributed by atoms with van der Waals surface area (Å²) in [6.07, 6.45) is 0. The summed E-state index contributed by atoms with van der Waals surface area (Å²) in [6.45, 7) is 0. The number of phenols is 1. The summed E-state index contributed by atoms with van der Waals surface area (Å²) >= 11 is 6.75. The Balaban J connectivity index is 1.74. The molecule has 0 bridgehead atoms. The Bertz CT molecular complexity index is 1500. The lowest BCUT2D eigenvalue weighted by Crippen LogP contribution is -2.29. The normalized spacial score (nSPS) is 17.6. The van der Waals surface area contributed by atoms with Crippen molar-refractivity contribution in [1.82, 2.24) is 4.98 Å². The number of aromatic nitrogens is 1.